The van der Waals surface area contributed by atoms with Gasteiger partial charge in [0.1, 0.15) is 0 Å². The van der Waals surface area contributed by atoms with Crippen molar-refractivity contribution < 1.29 is 4.79 Å². The van der Waals surface area contributed by atoms with Gasteiger partial charge in [0.15, 0.2) is 5.17 Å². The Morgan fingerprint density at radius 3 is 2.48 bits per heavy atom. The van der Waals surface area contributed by atoms with E-state index in [-0.39, 0.29) is 5.91 Å². The number of amides is 1. The molecule has 5 nitrogen and oxygen atoms in total. The number of hydrogen-bond donors (Lipinski definition) is 0. The molecular weight excluding hydrogens is 380 g/mol. The van der Waals surface area contributed by atoms with E-state index in [1.54, 1.807) is 29.6 Å². The molecule has 3 heterocycles. The lowest BCUT2D eigenvalue weighted by Crippen LogP contribution is -2.28. The van der Waals surface area contributed by atoms with E-state index in [0.29, 0.717) is 20.8 Å². The molecule has 2 aromatic heterocycles. The summed E-state index contributed by atoms with van der Waals surface area (Å²) in [7, 11) is 0. The molecule has 1 fully saturated rings. The number of rotatable bonds is 3. The van der Waals surface area contributed by atoms with Crippen LogP contribution in [-0.2, 0) is 4.79 Å². The standard InChI is InChI=1S/C20H13ClN4OS/c21-16-13-23-11-8-17(16)24-20-25(15-4-2-1-3-5-15)19(26)18(27-20)12-14-6-9-22-10-7-14/h1-13H/b18-12-,24-20?. The van der Waals surface area contributed by atoms with Crippen molar-refractivity contribution in [1.82, 2.24) is 9.97 Å². The first-order valence-corrected chi connectivity index (χ1v) is 9.29. The molecule has 3 aromatic rings. The highest BCUT2D eigenvalue weighted by Gasteiger charge is 2.34. The van der Waals surface area contributed by atoms with Crippen LogP contribution >= 0.6 is 23.4 Å². The Morgan fingerprint density at radius 1 is 1.00 bits per heavy atom. The Labute approximate surface area is 165 Å². The highest BCUT2D eigenvalue weighted by atomic mass is 35.5. The number of para-hydroxylation sites is 1. The lowest BCUT2D eigenvalue weighted by molar-refractivity contribution is -0.113. The average Bonchev–Trinajstić information content (AvgIpc) is 3.00. The van der Waals surface area contributed by atoms with Crippen LogP contribution in [0.2, 0.25) is 5.02 Å². The molecule has 1 aromatic carbocycles. The number of hydrogen-bond acceptors (Lipinski definition) is 5. The third-order valence-electron chi connectivity index (χ3n) is 3.79. The summed E-state index contributed by atoms with van der Waals surface area (Å²) in [5.74, 6) is -0.132. The van der Waals surface area contributed by atoms with Crippen molar-refractivity contribution >= 4 is 51.9 Å². The van der Waals surface area contributed by atoms with E-state index in [1.165, 1.54) is 18.0 Å². The minimum absolute atomic E-state index is 0.132. The number of halogens is 1. The van der Waals surface area contributed by atoms with Gasteiger partial charge < -0.3 is 0 Å². The van der Waals surface area contributed by atoms with Crippen molar-refractivity contribution in [1.29, 1.82) is 0 Å². The SMILES string of the molecule is O=C1/C(=C/c2ccncc2)SC(=Nc2ccncc2Cl)N1c1ccccc1. The third-order valence-corrected chi connectivity index (χ3v) is 5.05. The number of carbonyl (C=O) groups is 1. The molecule has 27 heavy (non-hydrogen) atoms. The number of thioether (sulfide) groups is 1. The Kier molecular flexibility index (Phi) is 5.00. The van der Waals surface area contributed by atoms with E-state index in [2.05, 4.69) is 15.0 Å². The van der Waals surface area contributed by atoms with Gasteiger partial charge >= 0.3 is 0 Å². The summed E-state index contributed by atoms with van der Waals surface area (Å²) in [6.07, 6.45) is 8.37. The van der Waals surface area contributed by atoms with Crippen molar-refractivity contribution in [2.75, 3.05) is 4.90 Å². The predicted molar refractivity (Wildman–Crippen MR) is 110 cm³/mol. The highest BCUT2D eigenvalue weighted by molar-refractivity contribution is 8.19. The zero-order valence-electron chi connectivity index (χ0n) is 14.0. The maximum atomic E-state index is 13.1. The van der Waals surface area contributed by atoms with E-state index in [4.69, 9.17) is 11.6 Å². The summed E-state index contributed by atoms with van der Waals surface area (Å²) in [6.45, 7) is 0. The van der Waals surface area contributed by atoms with Crippen LogP contribution < -0.4 is 4.90 Å². The zero-order chi connectivity index (χ0) is 18.6. The minimum atomic E-state index is -0.132. The maximum Gasteiger partial charge on any atom is 0.271 e. The fourth-order valence-electron chi connectivity index (χ4n) is 2.53. The number of pyridine rings is 2. The van der Waals surface area contributed by atoms with Crippen LogP contribution in [0.3, 0.4) is 0 Å². The van der Waals surface area contributed by atoms with E-state index in [9.17, 15) is 4.79 Å². The van der Waals surface area contributed by atoms with Crippen molar-refractivity contribution in [2.45, 2.75) is 0 Å². The summed E-state index contributed by atoms with van der Waals surface area (Å²) < 4.78 is 0. The Bertz CT molecular complexity index is 1040. The lowest BCUT2D eigenvalue weighted by Gasteiger charge is -2.15. The van der Waals surface area contributed by atoms with Gasteiger partial charge in [-0.1, -0.05) is 29.8 Å². The minimum Gasteiger partial charge on any atom is -0.268 e. The van der Waals surface area contributed by atoms with Crippen LogP contribution in [0.1, 0.15) is 5.56 Å². The van der Waals surface area contributed by atoms with Crippen LogP contribution in [0.15, 0.2) is 83.2 Å². The molecule has 0 radical (unpaired) electrons. The van der Waals surface area contributed by atoms with Gasteiger partial charge in [0, 0.05) is 24.8 Å². The van der Waals surface area contributed by atoms with E-state index in [1.807, 2.05) is 48.5 Å². The molecule has 0 aliphatic carbocycles. The second-order valence-corrected chi connectivity index (χ2v) is 7.01. The van der Waals surface area contributed by atoms with E-state index in [0.717, 1.165) is 11.3 Å². The molecule has 0 bridgehead atoms. The first-order chi connectivity index (χ1) is 13.2. The number of carbonyl (C=O) groups excluding carboxylic acids is 1. The van der Waals surface area contributed by atoms with E-state index >= 15 is 0 Å². The van der Waals surface area contributed by atoms with Gasteiger partial charge in [-0.3, -0.25) is 19.7 Å². The smallest absolute Gasteiger partial charge is 0.268 e. The molecular formula is C20H13ClN4OS. The van der Waals surface area contributed by atoms with Gasteiger partial charge in [0.05, 0.1) is 21.3 Å². The van der Waals surface area contributed by atoms with Crippen LogP contribution in [0.25, 0.3) is 6.08 Å². The van der Waals surface area contributed by atoms with Crippen molar-refractivity contribution in [3.05, 3.63) is 88.8 Å². The molecule has 4 rings (SSSR count). The number of benzene rings is 1. The van der Waals surface area contributed by atoms with Gasteiger partial charge in [-0.05, 0) is 53.7 Å². The largest absolute Gasteiger partial charge is 0.271 e. The summed E-state index contributed by atoms with van der Waals surface area (Å²) in [6, 6.07) is 14.8. The molecule has 0 N–H and O–H groups in total. The number of aliphatic imine (C=N–C) groups is 1. The monoisotopic (exact) mass is 392 g/mol. The molecule has 1 aliphatic heterocycles. The Morgan fingerprint density at radius 2 is 1.74 bits per heavy atom. The maximum absolute atomic E-state index is 13.1. The number of amidine groups is 1. The molecule has 1 saturated heterocycles. The van der Waals surface area contributed by atoms with Crippen LogP contribution in [-0.4, -0.2) is 21.0 Å². The molecule has 0 spiro atoms. The number of aromatic nitrogens is 2. The lowest BCUT2D eigenvalue weighted by atomic mass is 10.2. The number of anilines is 1. The van der Waals surface area contributed by atoms with Gasteiger partial charge in [0.2, 0.25) is 0 Å². The highest BCUT2D eigenvalue weighted by Crippen LogP contribution is 2.38. The second-order valence-electron chi connectivity index (χ2n) is 5.59. The summed E-state index contributed by atoms with van der Waals surface area (Å²) in [4.78, 5) is 27.9. The van der Waals surface area contributed by atoms with Crippen molar-refractivity contribution in [3.63, 3.8) is 0 Å². The van der Waals surface area contributed by atoms with Crippen molar-refractivity contribution in [3.8, 4) is 0 Å². The Balaban J connectivity index is 1.79. The number of nitrogens with zero attached hydrogens (tertiary/aromatic N) is 4. The molecule has 0 saturated carbocycles. The topological polar surface area (TPSA) is 58.5 Å². The fourth-order valence-corrected chi connectivity index (χ4v) is 3.68. The van der Waals surface area contributed by atoms with Gasteiger partial charge in [-0.2, -0.15) is 0 Å². The van der Waals surface area contributed by atoms with Crippen LogP contribution in [0.4, 0.5) is 11.4 Å². The zero-order valence-corrected chi connectivity index (χ0v) is 15.6. The second kappa shape index (κ2) is 7.73. The first-order valence-electron chi connectivity index (χ1n) is 8.09. The summed E-state index contributed by atoms with van der Waals surface area (Å²) in [5, 5.41) is 0.970. The van der Waals surface area contributed by atoms with E-state index < -0.39 is 0 Å². The first kappa shape index (κ1) is 17.5. The summed E-state index contributed by atoms with van der Waals surface area (Å²) in [5.41, 5.74) is 2.21. The quantitative estimate of drug-likeness (QED) is 0.592. The molecule has 1 aliphatic rings. The molecule has 7 heteroatoms. The van der Waals surface area contributed by atoms with Crippen molar-refractivity contribution in [2.24, 2.45) is 4.99 Å². The van der Waals surface area contributed by atoms with Gasteiger partial charge in [-0.25, -0.2) is 4.99 Å². The van der Waals surface area contributed by atoms with Crippen LogP contribution in [0.5, 0.6) is 0 Å². The molecule has 132 valence electrons. The molecule has 1 amide bonds. The molecule has 0 unspecified atom stereocenters. The molecule has 0 atom stereocenters. The average molecular weight is 393 g/mol. The van der Waals surface area contributed by atoms with Crippen LogP contribution in [0, 0.1) is 0 Å². The Hall–Kier alpha value is -2.96. The predicted octanol–water partition coefficient (Wildman–Crippen LogP) is 4.94. The third kappa shape index (κ3) is 3.77. The summed E-state index contributed by atoms with van der Waals surface area (Å²) >= 11 is 7.50. The van der Waals surface area contributed by atoms with Gasteiger partial charge in [0.25, 0.3) is 5.91 Å². The van der Waals surface area contributed by atoms with Gasteiger partial charge in [-0.15, -0.1) is 0 Å². The fraction of sp³-hybridized carbons (Fsp3) is 0. The normalized spacial score (nSPS) is 17.1.